The van der Waals surface area contributed by atoms with Crippen LogP contribution in [0.2, 0.25) is 0 Å². The first kappa shape index (κ1) is 20.9. The fraction of sp³-hybridized carbons (Fsp3) is 0.308. The highest BCUT2D eigenvalue weighted by Gasteiger charge is 2.13. The molecule has 1 aromatic carbocycles. The van der Waals surface area contributed by atoms with E-state index in [1.54, 1.807) is 0 Å². The van der Waals surface area contributed by atoms with E-state index in [-0.39, 0.29) is 17.7 Å². The quantitative estimate of drug-likeness (QED) is 0.542. The van der Waals surface area contributed by atoms with Crippen LogP contribution in [-0.2, 0) is 4.79 Å². The monoisotopic (exact) mass is 302 g/mol. The molecule has 1 aromatic rings. The van der Waals surface area contributed by atoms with Crippen molar-refractivity contribution in [3.8, 4) is 0 Å². The van der Waals surface area contributed by atoms with E-state index in [1.807, 2.05) is 0 Å². The Labute approximate surface area is 120 Å². The van der Waals surface area contributed by atoms with Crippen LogP contribution in [0.4, 0.5) is 0 Å². The van der Waals surface area contributed by atoms with Crippen LogP contribution >= 0.6 is 0 Å². The van der Waals surface area contributed by atoms with Gasteiger partial charge in [0.2, 0.25) is 0 Å². The van der Waals surface area contributed by atoms with Crippen molar-refractivity contribution in [2.75, 3.05) is 6.61 Å². The number of rotatable bonds is 3. The summed E-state index contributed by atoms with van der Waals surface area (Å²) in [5.74, 6) is -3.29. The second kappa shape index (κ2) is 11.4. The summed E-state index contributed by atoms with van der Waals surface area (Å²) in [7, 11) is 0. The molecule has 1 rings (SSSR count). The van der Waals surface area contributed by atoms with Crippen LogP contribution in [0.3, 0.4) is 0 Å². The molecule has 0 aromatic heterocycles. The van der Waals surface area contributed by atoms with Crippen molar-refractivity contribution in [3.05, 3.63) is 35.4 Å². The third-order valence-electron chi connectivity index (χ3n) is 1.65. The van der Waals surface area contributed by atoms with Crippen LogP contribution < -0.4 is 0 Å². The van der Waals surface area contributed by atoms with Gasteiger partial charge in [-0.25, -0.2) is 9.59 Å². The minimum Gasteiger partial charge on any atom is -0.481 e. The summed E-state index contributed by atoms with van der Waals surface area (Å²) in [6, 6.07) is 5.48. The Hall–Kier alpha value is -2.45. The molecule has 0 saturated carbocycles. The van der Waals surface area contributed by atoms with E-state index in [4.69, 9.17) is 30.3 Å². The van der Waals surface area contributed by atoms with Gasteiger partial charge in [0.1, 0.15) is 0 Å². The zero-order valence-corrected chi connectivity index (χ0v) is 11.6. The largest absolute Gasteiger partial charge is 0.481 e. The van der Waals surface area contributed by atoms with Crippen LogP contribution in [0, 0.1) is 0 Å². The van der Waals surface area contributed by atoms with Crippen LogP contribution in [0.25, 0.3) is 0 Å². The number of carboxylic acids is 3. The van der Waals surface area contributed by atoms with Crippen LogP contribution in [0.5, 0.6) is 0 Å². The van der Waals surface area contributed by atoms with Gasteiger partial charge in [-0.15, -0.1) is 0 Å². The van der Waals surface area contributed by atoms with Crippen molar-refractivity contribution in [1.29, 1.82) is 0 Å². The molecule has 0 fully saturated rings. The Morgan fingerprint density at radius 1 is 1.00 bits per heavy atom. The number of carbonyl (C=O) groups is 3. The molecule has 0 aliphatic rings. The fourth-order valence-electron chi connectivity index (χ4n) is 0.856. The van der Waals surface area contributed by atoms with E-state index >= 15 is 0 Å². The molecular weight excluding hydrogens is 284 g/mol. The van der Waals surface area contributed by atoms with Crippen molar-refractivity contribution < 1.29 is 39.9 Å². The Balaban J connectivity index is 0. The molecule has 0 bridgehead atoms. The van der Waals surface area contributed by atoms with Gasteiger partial charge in [0.15, 0.2) is 0 Å². The van der Waals surface area contributed by atoms with Crippen molar-refractivity contribution in [3.63, 3.8) is 0 Å². The highest BCUT2D eigenvalue weighted by Crippen LogP contribution is 2.07. The zero-order chi connectivity index (χ0) is 17.0. The molecule has 0 heterocycles. The molecule has 1 unspecified atom stereocenters. The Morgan fingerprint density at radius 2 is 1.24 bits per heavy atom. The van der Waals surface area contributed by atoms with Crippen molar-refractivity contribution in [1.82, 2.24) is 0 Å². The van der Waals surface area contributed by atoms with Gasteiger partial charge in [0.25, 0.3) is 5.97 Å². The average molecular weight is 302 g/mol. The third-order valence-corrected chi connectivity index (χ3v) is 1.65. The van der Waals surface area contributed by atoms with Crippen molar-refractivity contribution in [2.24, 2.45) is 0 Å². The maximum Gasteiger partial charge on any atom is 0.336 e. The van der Waals surface area contributed by atoms with Gasteiger partial charge in [-0.1, -0.05) is 12.1 Å². The summed E-state index contributed by atoms with van der Waals surface area (Å²) in [4.78, 5) is 29.9. The minimum atomic E-state index is -1.23. The number of benzene rings is 1. The molecule has 21 heavy (non-hydrogen) atoms. The summed E-state index contributed by atoms with van der Waals surface area (Å²) in [6.45, 7) is 2.47. The predicted molar refractivity (Wildman–Crippen MR) is 72.4 cm³/mol. The zero-order valence-electron chi connectivity index (χ0n) is 11.6. The van der Waals surface area contributed by atoms with Crippen LogP contribution in [-0.4, -0.2) is 56.2 Å². The summed E-state index contributed by atoms with van der Waals surface area (Å²) in [6.07, 6.45) is -0.560. The summed E-state index contributed by atoms with van der Waals surface area (Å²) in [5.41, 5.74) is -0.380. The maximum atomic E-state index is 10.5. The van der Waals surface area contributed by atoms with Crippen molar-refractivity contribution in [2.45, 2.75) is 20.0 Å². The average Bonchev–Trinajstić information content (AvgIpc) is 2.38. The first-order chi connectivity index (χ1) is 9.63. The topological polar surface area (TPSA) is 152 Å². The molecular formula is C13H18O8. The Bertz CT molecular complexity index is 430. The van der Waals surface area contributed by atoms with Gasteiger partial charge < -0.3 is 25.5 Å². The van der Waals surface area contributed by atoms with Gasteiger partial charge in [-0.05, 0) is 19.1 Å². The lowest BCUT2D eigenvalue weighted by Crippen LogP contribution is -2.06. The second-order valence-electron chi connectivity index (χ2n) is 3.71. The number of aliphatic hydroxyl groups is 2. The van der Waals surface area contributed by atoms with Gasteiger partial charge in [0.05, 0.1) is 23.8 Å². The number of aliphatic carboxylic acids is 1. The second-order valence-corrected chi connectivity index (χ2v) is 3.71. The van der Waals surface area contributed by atoms with E-state index in [9.17, 15) is 9.59 Å². The molecule has 0 spiro atoms. The lowest BCUT2D eigenvalue weighted by molar-refractivity contribution is -0.134. The smallest absolute Gasteiger partial charge is 0.336 e. The normalized spacial score (nSPS) is 10.1. The standard InChI is InChI=1S/C8H6O4.C3H8O2.C2H4O2/c9-7(10)5-3-1-2-4-6(5)8(11)12;1-3(5)2-4;1-2(3)4/h1-4H,(H,9,10)(H,11,12);3-5H,2H2,1H3;1H3,(H,3,4). The molecule has 5 N–H and O–H groups in total. The Kier molecular flexibility index (Phi) is 11.3. The fourth-order valence-corrected chi connectivity index (χ4v) is 0.856. The van der Waals surface area contributed by atoms with Gasteiger partial charge in [-0.3, -0.25) is 4.79 Å². The predicted octanol–water partition coefficient (Wildman–Crippen LogP) is 0.533. The molecule has 8 heteroatoms. The lowest BCUT2D eigenvalue weighted by Gasteiger charge is -1.98. The van der Waals surface area contributed by atoms with E-state index in [1.165, 1.54) is 31.2 Å². The highest BCUT2D eigenvalue weighted by atomic mass is 16.4. The molecule has 0 aliphatic carbocycles. The summed E-state index contributed by atoms with van der Waals surface area (Å²) < 4.78 is 0. The first-order valence-corrected chi connectivity index (χ1v) is 5.67. The van der Waals surface area contributed by atoms with E-state index in [2.05, 4.69) is 0 Å². The molecule has 118 valence electrons. The van der Waals surface area contributed by atoms with Gasteiger partial charge in [0, 0.05) is 6.92 Å². The van der Waals surface area contributed by atoms with Crippen LogP contribution in [0.15, 0.2) is 24.3 Å². The molecule has 0 amide bonds. The number of hydrogen-bond donors (Lipinski definition) is 5. The number of aromatic carboxylic acids is 2. The lowest BCUT2D eigenvalue weighted by atomic mass is 10.1. The molecule has 0 saturated heterocycles. The van der Waals surface area contributed by atoms with Gasteiger partial charge >= 0.3 is 11.9 Å². The number of aliphatic hydroxyl groups excluding tert-OH is 2. The third kappa shape index (κ3) is 12.3. The highest BCUT2D eigenvalue weighted by molar-refractivity contribution is 6.01. The number of carboxylic acid groups (broad SMARTS) is 3. The Morgan fingerprint density at radius 3 is 1.38 bits per heavy atom. The van der Waals surface area contributed by atoms with E-state index in [0.29, 0.717) is 0 Å². The molecule has 1 atom stereocenters. The molecule has 0 radical (unpaired) electrons. The first-order valence-electron chi connectivity index (χ1n) is 5.67. The van der Waals surface area contributed by atoms with E-state index < -0.39 is 24.0 Å². The van der Waals surface area contributed by atoms with Crippen molar-refractivity contribution >= 4 is 17.9 Å². The SMILES string of the molecule is CC(=O)O.CC(O)CO.O=C(O)c1ccccc1C(=O)O. The molecule has 0 aliphatic heterocycles. The summed E-state index contributed by atoms with van der Waals surface area (Å²) >= 11 is 0. The minimum absolute atomic E-state index is 0.139. The molecule has 8 nitrogen and oxygen atoms in total. The number of hydrogen-bond acceptors (Lipinski definition) is 5. The maximum absolute atomic E-state index is 10.5. The summed E-state index contributed by atoms with van der Waals surface area (Å²) in [5, 5.41) is 40.5. The van der Waals surface area contributed by atoms with E-state index in [0.717, 1.165) is 6.92 Å². The van der Waals surface area contributed by atoms with Crippen LogP contribution in [0.1, 0.15) is 34.6 Å². The van der Waals surface area contributed by atoms with Gasteiger partial charge in [-0.2, -0.15) is 0 Å².